The summed E-state index contributed by atoms with van der Waals surface area (Å²) in [4.78, 5) is 8.90. The molecule has 1 aromatic carbocycles. The van der Waals surface area contributed by atoms with Crippen molar-refractivity contribution in [1.82, 2.24) is 9.97 Å². The third-order valence-corrected chi connectivity index (χ3v) is 3.15. The first-order valence-corrected chi connectivity index (χ1v) is 7.15. The van der Waals surface area contributed by atoms with E-state index in [0.717, 1.165) is 23.0 Å². The Bertz CT molecular complexity index is 753. The van der Waals surface area contributed by atoms with Crippen LogP contribution in [0.1, 0.15) is 17.0 Å². The number of furan rings is 1. The molecule has 0 aliphatic rings. The molecular formula is C17H18N4O. The van der Waals surface area contributed by atoms with Crippen LogP contribution in [0.2, 0.25) is 0 Å². The molecule has 2 aromatic heterocycles. The fourth-order valence-corrected chi connectivity index (χ4v) is 2.16. The molecule has 0 radical (unpaired) electrons. The van der Waals surface area contributed by atoms with Crippen LogP contribution >= 0.6 is 0 Å². The van der Waals surface area contributed by atoms with Gasteiger partial charge in [-0.2, -0.15) is 4.98 Å². The van der Waals surface area contributed by atoms with Crippen LogP contribution in [0, 0.1) is 13.8 Å². The molecule has 0 unspecified atom stereocenters. The lowest BCUT2D eigenvalue weighted by atomic mass is 10.2. The smallest absolute Gasteiger partial charge is 0.229 e. The second kappa shape index (κ2) is 6.30. The molecule has 3 rings (SSSR count). The lowest BCUT2D eigenvalue weighted by Gasteiger charge is -2.09. The third-order valence-electron chi connectivity index (χ3n) is 3.15. The number of nitrogens with zero attached hydrogens (tertiary/aromatic N) is 2. The number of aryl methyl sites for hydroxylation is 2. The number of nitrogens with one attached hydrogen (secondary N) is 2. The lowest BCUT2D eigenvalue weighted by molar-refractivity contribution is 0.518. The molecule has 0 amide bonds. The van der Waals surface area contributed by atoms with Crippen molar-refractivity contribution in [1.29, 1.82) is 0 Å². The van der Waals surface area contributed by atoms with Crippen molar-refractivity contribution in [2.75, 3.05) is 10.6 Å². The van der Waals surface area contributed by atoms with E-state index in [1.807, 2.05) is 37.3 Å². The van der Waals surface area contributed by atoms with Crippen molar-refractivity contribution in [2.45, 2.75) is 20.4 Å². The van der Waals surface area contributed by atoms with Gasteiger partial charge < -0.3 is 15.1 Å². The second-order valence-electron chi connectivity index (χ2n) is 5.15. The van der Waals surface area contributed by atoms with Crippen molar-refractivity contribution in [3.63, 3.8) is 0 Å². The maximum absolute atomic E-state index is 5.30. The number of hydrogen-bond acceptors (Lipinski definition) is 5. The van der Waals surface area contributed by atoms with Crippen LogP contribution in [0.15, 0.2) is 53.1 Å². The molecule has 3 aromatic rings. The van der Waals surface area contributed by atoms with Crippen molar-refractivity contribution < 1.29 is 4.42 Å². The van der Waals surface area contributed by atoms with Gasteiger partial charge in [0.1, 0.15) is 11.6 Å². The molecule has 22 heavy (non-hydrogen) atoms. The van der Waals surface area contributed by atoms with E-state index in [-0.39, 0.29) is 0 Å². The number of anilines is 3. The van der Waals surface area contributed by atoms with Gasteiger partial charge in [-0.25, -0.2) is 4.98 Å². The highest BCUT2D eigenvalue weighted by Crippen LogP contribution is 2.17. The third kappa shape index (κ3) is 3.63. The highest BCUT2D eigenvalue weighted by Gasteiger charge is 2.04. The fraction of sp³-hybridized carbons (Fsp3) is 0.176. The minimum Gasteiger partial charge on any atom is -0.467 e. The van der Waals surface area contributed by atoms with Gasteiger partial charge in [0, 0.05) is 17.4 Å². The van der Waals surface area contributed by atoms with Crippen LogP contribution in [0.4, 0.5) is 17.5 Å². The summed E-state index contributed by atoms with van der Waals surface area (Å²) < 4.78 is 5.30. The summed E-state index contributed by atoms with van der Waals surface area (Å²) >= 11 is 0. The highest BCUT2D eigenvalue weighted by molar-refractivity contribution is 5.56. The summed E-state index contributed by atoms with van der Waals surface area (Å²) in [5.74, 6) is 2.20. The molecule has 0 saturated carbocycles. The molecule has 2 heterocycles. The molecule has 0 aliphatic carbocycles. The Morgan fingerprint density at radius 2 is 1.95 bits per heavy atom. The van der Waals surface area contributed by atoms with Crippen molar-refractivity contribution >= 4 is 17.5 Å². The summed E-state index contributed by atoms with van der Waals surface area (Å²) in [6.07, 6.45) is 1.66. The second-order valence-corrected chi connectivity index (χ2v) is 5.15. The fourth-order valence-electron chi connectivity index (χ4n) is 2.16. The Morgan fingerprint density at radius 3 is 2.73 bits per heavy atom. The van der Waals surface area contributed by atoms with E-state index >= 15 is 0 Å². The van der Waals surface area contributed by atoms with Gasteiger partial charge in [0.25, 0.3) is 0 Å². The van der Waals surface area contributed by atoms with Gasteiger partial charge >= 0.3 is 0 Å². The van der Waals surface area contributed by atoms with Crippen LogP contribution in [-0.4, -0.2) is 9.97 Å². The normalized spacial score (nSPS) is 10.5. The standard InChI is InChI=1S/C17H18N4O/c1-12-5-3-6-14(9-12)20-17-19-13(2)10-16(21-17)18-11-15-7-4-8-22-15/h3-10H,11H2,1-2H3,(H2,18,19,20,21). The molecule has 0 aliphatic heterocycles. The van der Waals surface area contributed by atoms with Crippen LogP contribution in [-0.2, 0) is 6.54 Å². The van der Waals surface area contributed by atoms with Crippen LogP contribution in [0.5, 0.6) is 0 Å². The summed E-state index contributed by atoms with van der Waals surface area (Å²) in [6.45, 7) is 4.59. The van der Waals surface area contributed by atoms with Crippen LogP contribution in [0.25, 0.3) is 0 Å². The van der Waals surface area contributed by atoms with Crippen molar-refractivity contribution in [2.24, 2.45) is 0 Å². The molecule has 5 nitrogen and oxygen atoms in total. The lowest BCUT2D eigenvalue weighted by Crippen LogP contribution is -2.05. The van der Waals surface area contributed by atoms with Crippen LogP contribution in [0.3, 0.4) is 0 Å². The van der Waals surface area contributed by atoms with Gasteiger partial charge in [-0.05, 0) is 43.7 Å². The Hall–Kier alpha value is -2.82. The van der Waals surface area contributed by atoms with Crippen LogP contribution < -0.4 is 10.6 Å². The molecule has 0 fully saturated rings. The van der Waals surface area contributed by atoms with Crippen molar-refractivity contribution in [3.05, 3.63) is 65.7 Å². The quantitative estimate of drug-likeness (QED) is 0.743. The number of aromatic nitrogens is 2. The summed E-state index contributed by atoms with van der Waals surface area (Å²) in [6, 6.07) is 13.8. The Morgan fingerprint density at radius 1 is 1.05 bits per heavy atom. The summed E-state index contributed by atoms with van der Waals surface area (Å²) in [7, 11) is 0. The van der Waals surface area contributed by atoms with E-state index in [1.54, 1.807) is 6.26 Å². The van der Waals surface area contributed by atoms with E-state index in [1.165, 1.54) is 5.56 Å². The van der Waals surface area contributed by atoms with Gasteiger partial charge in [-0.15, -0.1) is 0 Å². The van der Waals surface area contributed by atoms with E-state index in [4.69, 9.17) is 4.42 Å². The molecule has 0 atom stereocenters. The molecule has 0 saturated heterocycles. The summed E-state index contributed by atoms with van der Waals surface area (Å²) in [5.41, 5.74) is 3.06. The van der Waals surface area contributed by atoms with E-state index < -0.39 is 0 Å². The number of benzene rings is 1. The molecule has 0 bridgehead atoms. The zero-order valence-electron chi connectivity index (χ0n) is 12.6. The first kappa shape index (κ1) is 14.1. The molecule has 112 valence electrons. The predicted octanol–water partition coefficient (Wildman–Crippen LogP) is 4.04. The minimum absolute atomic E-state index is 0.576. The van der Waals surface area contributed by atoms with Gasteiger partial charge in [0.2, 0.25) is 5.95 Å². The minimum atomic E-state index is 0.576. The first-order valence-electron chi connectivity index (χ1n) is 7.15. The predicted molar refractivity (Wildman–Crippen MR) is 87.3 cm³/mol. The Kier molecular flexibility index (Phi) is 4.05. The maximum Gasteiger partial charge on any atom is 0.229 e. The first-order chi connectivity index (χ1) is 10.7. The van der Waals surface area contributed by atoms with Gasteiger partial charge in [-0.1, -0.05) is 12.1 Å². The maximum atomic E-state index is 5.30. The number of rotatable bonds is 5. The van der Waals surface area contributed by atoms with Gasteiger partial charge in [-0.3, -0.25) is 0 Å². The molecule has 5 heteroatoms. The monoisotopic (exact) mass is 294 g/mol. The van der Waals surface area contributed by atoms with Gasteiger partial charge in [0.05, 0.1) is 12.8 Å². The number of hydrogen-bond donors (Lipinski definition) is 2. The Balaban J connectivity index is 1.74. The molecular weight excluding hydrogens is 276 g/mol. The zero-order chi connectivity index (χ0) is 15.4. The zero-order valence-corrected chi connectivity index (χ0v) is 12.6. The molecule has 0 spiro atoms. The van der Waals surface area contributed by atoms with E-state index in [2.05, 4.69) is 39.7 Å². The topological polar surface area (TPSA) is 63.0 Å². The SMILES string of the molecule is Cc1cccc(Nc2nc(C)cc(NCc3ccco3)n2)c1. The van der Waals surface area contributed by atoms with E-state index in [9.17, 15) is 0 Å². The Labute approximate surface area is 129 Å². The average Bonchev–Trinajstić information content (AvgIpc) is 2.98. The highest BCUT2D eigenvalue weighted by atomic mass is 16.3. The van der Waals surface area contributed by atoms with Crippen molar-refractivity contribution in [3.8, 4) is 0 Å². The summed E-state index contributed by atoms with van der Waals surface area (Å²) in [5, 5.41) is 6.47. The average molecular weight is 294 g/mol. The van der Waals surface area contributed by atoms with Gasteiger partial charge in [0.15, 0.2) is 0 Å². The van der Waals surface area contributed by atoms with E-state index in [0.29, 0.717) is 12.5 Å². The largest absolute Gasteiger partial charge is 0.467 e. The molecule has 2 N–H and O–H groups in total.